The molecule has 0 aliphatic carbocycles. The molecule has 1 aromatic heterocycles. The molecule has 24 heavy (non-hydrogen) atoms. The fourth-order valence-electron chi connectivity index (χ4n) is 1.92. The molecule has 2 rings (SSSR count). The van der Waals surface area contributed by atoms with Gasteiger partial charge in [0, 0.05) is 11.8 Å². The number of aryl methyl sites for hydroxylation is 3. The first-order valence-corrected chi connectivity index (χ1v) is 9.56. The van der Waals surface area contributed by atoms with Crippen molar-refractivity contribution in [3.05, 3.63) is 53.2 Å². The Balaban J connectivity index is 0. The highest BCUT2D eigenvalue weighted by atomic mass is 14.7. The zero-order valence-corrected chi connectivity index (χ0v) is 17.5. The third-order valence-corrected chi connectivity index (χ3v) is 2.84. The van der Waals surface area contributed by atoms with Crippen LogP contribution < -0.4 is 0 Å². The smallest absolute Gasteiger partial charge is 0.0707 e. The van der Waals surface area contributed by atoms with Crippen molar-refractivity contribution in [3.8, 4) is 11.3 Å². The number of hydrogen-bond donors (Lipinski definition) is 0. The lowest BCUT2D eigenvalue weighted by molar-refractivity contribution is 1.09. The van der Waals surface area contributed by atoms with Crippen LogP contribution in [-0.2, 0) is 6.42 Å². The number of rotatable bonds is 2. The van der Waals surface area contributed by atoms with Crippen LogP contribution in [0.2, 0.25) is 0 Å². The van der Waals surface area contributed by atoms with E-state index in [1.54, 1.807) is 0 Å². The second-order valence-corrected chi connectivity index (χ2v) is 5.65. The minimum Gasteiger partial charge on any atom is -0.256 e. The predicted molar refractivity (Wildman–Crippen MR) is 112 cm³/mol. The third-order valence-electron chi connectivity index (χ3n) is 2.84. The average Bonchev–Trinajstić information content (AvgIpc) is 2.58. The highest BCUT2D eigenvalue weighted by Gasteiger charge is 2.05. The topological polar surface area (TPSA) is 12.9 Å². The maximum absolute atomic E-state index is 4.46. The largest absolute Gasteiger partial charge is 0.256 e. The number of nitrogens with zero attached hydrogens (tertiary/aromatic N) is 1. The number of hydrogen-bond acceptors (Lipinski definition) is 1. The van der Waals surface area contributed by atoms with Gasteiger partial charge in [0.05, 0.1) is 5.69 Å². The molecule has 1 nitrogen and oxygen atoms in total. The molecular formula is C23H39N. The number of aromatic nitrogens is 1. The zero-order valence-electron chi connectivity index (χ0n) is 17.5. The van der Waals surface area contributed by atoms with Crippen LogP contribution in [0, 0.1) is 13.8 Å². The molecule has 0 saturated heterocycles. The Bertz CT molecular complexity index is 527. The molecule has 0 radical (unpaired) electrons. The Hall–Kier alpha value is -1.63. The first-order valence-electron chi connectivity index (χ1n) is 9.56. The molecule has 0 amide bonds. The van der Waals surface area contributed by atoms with Gasteiger partial charge in [-0.1, -0.05) is 79.0 Å². The summed E-state index contributed by atoms with van der Waals surface area (Å²) in [5.41, 5.74) is 6.26. The van der Waals surface area contributed by atoms with Crippen LogP contribution in [0.15, 0.2) is 36.5 Å². The summed E-state index contributed by atoms with van der Waals surface area (Å²) in [6.45, 7) is 18.9. The van der Waals surface area contributed by atoms with Gasteiger partial charge in [-0.25, -0.2) is 0 Å². The van der Waals surface area contributed by atoms with Crippen molar-refractivity contribution in [2.45, 2.75) is 81.6 Å². The quantitative estimate of drug-likeness (QED) is 0.548. The molecule has 0 fully saturated rings. The van der Waals surface area contributed by atoms with Crippen LogP contribution in [0.3, 0.4) is 0 Å². The average molecular weight is 330 g/mol. The highest BCUT2D eigenvalue weighted by molar-refractivity contribution is 5.65. The van der Waals surface area contributed by atoms with Gasteiger partial charge in [0.15, 0.2) is 0 Å². The molecule has 0 aliphatic rings. The van der Waals surface area contributed by atoms with Crippen LogP contribution in [0.1, 0.15) is 78.0 Å². The molecule has 1 aromatic carbocycles. The van der Waals surface area contributed by atoms with Crippen LogP contribution in [-0.4, -0.2) is 4.98 Å². The molecule has 0 aliphatic heterocycles. The van der Waals surface area contributed by atoms with Gasteiger partial charge in [-0.05, 0) is 49.6 Å². The second kappa shape index (κ2) is 16.2. The summed E-state index contributed by atoms with van der Waals surface area (Å²) in [5.74, 6) is 0. The maximum Gasteiger partial charge on any atom is 0.0707 e. The summed E-state index contributed by atoms with van der Waals surface area (Å²) in [6, 6.07) is 10.8. The van der Waals surface area contributed by atoms with E-state index in [-0.39, 0.29) is 0 Å². The highest BCUT2D eigenvalue weighted by Crippen LogP contribution is 2.24. The van der Waals surface area contributed by atoms with Crippen LogP contribution in [0.5, 0.6) is 0 Å². The Morgan fingerprint density at radius 3 is 1.71 bits per heavy atom. The first kappa shape index (κ1) is 24.6. The lowest BCUT2D eigenvalue weighted by atomic mass is 9.99. The fraction of sp³-hybridized carbons (Fsp3) is 0.522. The van der Waals surface area contributed by atoms with Gasteiger partial charge in [0.1, 0.15) is 0 Å². The Morgan fingerprint density at radius 1 is 0.750 bits per heavy atom. The standard InChI is InChI=1S/C15H17N.2C3H8.C2H6/c1-4-13-6-5-11(2)9-14(13)15-10-12(3)7-8-16-15;2*1-3-2;1-2/h5-10H,4H2,1-3H3;2*3H2,1-2H3;1-2H3. The molecule has 0 saturated carbocycles. The molecule has 0 bridgehead atoms. The number of benzene rings is 1. The second-order valence-electron chi connectivity index (χ2n) is 5.65. The summed E-state index contributed by atoms with van der Waals surface area (Å²) in [6.07, 6.45) is 5.43. The number of pyridine rings is 1. The van der Waals surface area contributed by atoms with Crippen molar-refractivity contribution in [3.63, 3.8) is 0 Å². The molecule has 1 heteroatoms. The van der Waals surface area contributed by atoms with Crippen LogP contribution in [0.25, 0.3) is 11.3 Å². The molecular weight excluding hydrogens is 290 g/mol. The van der Waals surface area contributed by atoms with Crippen LogP contribution in [0.4, 0.5) is 0 Å². The summed E-state index contributed by atoms with van der Waals surface area (Å²) >= 11 is 0. The Labute approximate surface area is 151 Å². The van der Waals surface area contributed by atoms with E-state index >= 15 is 0 Å². The molecule has 1 heterocycles. The first-order chi connectivity index (χ1) is 11.5. The van der Waals surface area contributed by atoms with Crippen molar-refractivity contribution < 1.29 is 0 Å². The lowest BCUT2D eigenvalue weighted by Gasteiger charge is -2.09. The van der Waals surface area contributed by atoms with Gasteiger partial charge >= 0.3 is 0 Å². The molecule has 0 N–H and O–H groups in total. The predicted octanol–water partition coefficient (Wildman–Crippen LogP) is 7.79. The lowest BCUT2D eigenvalue weighted by Crippen LogP contribution is -1.91. The molecule has 0 spiro atoms. The minimum atomic E-state index is 1.05. The summed E-state index contributed by atoms with van der Waals surface area (Å²) < 4.78 is 0. The van der Waals surface area contributed by atoms with E-state index in [0.29, 0.717) is 0 Å². The van der Waals surface area contributed by atoms with Gasteiger partial charge < -0.3 is 0 Å². The molecule has 0 atom stereocenters. The molecule has 2 aromatic rings. The fourth-order valence-corrected chi connectivity index (χ4v) is 1.92. The van der Waals surface area contributed by atoms with E-state index < -0.39 is 0 Å². The van der Waals surface area contributed by atoms with E-state index in [4.69, 9.17) is 0 Å². The van der Waals surface area contributed by atoms with Gasteiger partial charge in [-0.2, -0.15) is 0 Å². The molecule has 0 unspecified atom stereocenters. The monoisotopic (exact) mass is 329 g/mol. The van der Waals surface area contributed by atoms with E-state index in [9.17, 15) is 0 Å². The Kier molecular flexibility index (Phi) is 16.7. The zero-order chi connectivity index (χ0) is 19.0. The maximum atomic E-state index is 4.46. The Morgan fingerprint density at radius 2 is 1.25 bits per heavy atom. The summed E-state index contributed by atoms with van der Waals surface area (Å²) in [5, 5.41) is 0. The minimum absolute atomic E-state index is 1.05. The van der Waals surface area contributed by atoms with E-state index in [1.807, 2.05) is 26.1 Å². The van der Waals surface area contributed by atoms with Gasteiger partial charge in [0.2, 0.25) is 0 Å². The van der Waals surface area contributed by atoms with Gasteiger partial charge in [0.25, 0.3) is 0 Å². The van der Waals surface area contributed by atoms with E-state index in [0.717, 1.165) is 12.1 Å². The SMILES string of the molecule is CC.CCC.CCC.CCc1ccc(C)cc1-c1cc(C)ccn1. The van der Waals surface area contributed by atoms with Crippen LogP contribution >= 0.6 is 0 Å². The van der Waals surface area contributed by atoms with E-state index in [1.165, 1.54) is 35.1 Å². The van der Waals surface area contributed by atoms with Crippen molar-refractivity contribution >= 4 is 0 Å². The molecule has 136 valence electrons. The summed E-state index contributed by atoms with van der Waals surface area (Å²) in [4.78, 5) is 4.46. The van der Waals surface area contributed by atoms with Gasteiger partial charge in [-0.15, -0.1) is 0 Å². The van der Waals surface area contributed by atoms with Crippen molar-refractivity contribution in [1.82, 2.24) is 4.98 Å². The van der Waals surface area contributed by atoms with Crippen molar-refractivity contribution in [1.29, 1.82) is 0 Å². The normalized spacial score (nSPS) is 8.71. The van der Waals surface area contributed by atoms with Gasteiger partial charge in [-0.3, -0.25) is 4.98 Å². The van der Waals surface area contributed by atoms with Crippen molar-refractivity contribution in [2.75, 3.05) is 0 Å². The van der Waals surface area contributed by atoms with Crippen molar-refractivity contribution in [2.24, 2.45) is 0 Å². The third kappa shape index (κ3) is 10.2. The summed E-state index contributed by atoms with van der Waals surface area (Å²) in [7, 11) is 0. The van der Waals surface area contributed by atoms with E-state index in [2.05, 4.69) is 77.7 Å².